The molecular formula is C9H13F. The van der Waals surface area contributed by atoms with Crippen LogP contribution >= 0.6 is 0 Å². The molecule has 1 atom stereocenters. The van der Waals surface area contributed by atoms with Crippen LogP contribution in [0.25, 0.3) is 0 Å². The first-order valence-electron chi connectivity index (χ1n) is 3.98. The third kappa shape index (κ3) is 2.39. The Labute approximate surface area is 61.8 Å². The van der Waals surface area contributed by atoms with E-state index in [1.54, 1.807) is 0 Å². The van der Waals surface area contributed by atoms with Crippen LogP contribution in [0.5, 0.6) is 0 Å². The minimum Gasteiger partial charge on any atom is -0.250 e. The second-order valence-electron chi connectivity index (χ2n) is 2.77. The largest absolute Gasteiger partial charge is 0.250 e. The van der Waals surface area contributed by atoms with E-state index in [0.29, 0.717) is 0 Å². The second kappa shape index (κ2) is 4.33. The highest BCUT2D eigenvalue weighted by Crippen LogP contribution is 2.13. The zero-order valence-corrected chi connectivity index (χ0v) is 6.20. The molecule has 0 bridgehead atoms. The van der Waals surface area contributed by atoms with Gasteiger partial charge in [-0.2, -0.15) is 0 Å². The van der Waals surface area contributed by atoms with E-state index in [1.165, 1.54) is 12.8 Å². The lowest BCUT2D eigenvalue weighted by Crippen LogP contribution is -2.00. The normalized spacial score (nSPS) is 25.9. The molecule has 0 aromatic rings. The van der Waals surface area contributed by atoms with Crippen molar-refractivity contribution in [2.45, 2.75) is 32.1 Å². The van der Waals surface area contributed by atoms with Crippen molar-refractivity contribution in [3.8, 4) is 11.8 Å². The number of hydrogen-bond acceptors (Lipinski definition) is 0. The smallest absolute Gasteiger partial charge is 0.103 e. The SMILES string of the molecule is FCC1C#CCCCCC1. The summed E-state index contributed by atoms with van der Waals surface area (Å²) in [5.41, 5.74) is 0. The minimum absolute atomic E-state index is 0.0419. The third-order valence-corrected chi connectivity index (χ3v) is 1.85. The molecule has 0 saturated carbocycles. The standard InChI is InChI=1S/C9H13F/c10-8-9-6-4-2-1-3-5-7-9/h9H,1-4,6,8H2. The number of alkyl halides is 1. The number of hydrogen-bond donors (Lipinski definition) is 0. The summed E-state index contributed by atoms with van der Waals surface area (Å²) in [6, 6.07) is 0. The van der Waals surface area contributed by atoms with Crippen molar-refractivity contribution in [3.63, 3.8) is 0 Å². The predicted molar refractivity (Wildman–Crippen MR) is 40.3 cm³/mol. The number of halogens is 1. The molecule has 0 aliphatic heterocycles. The van der Waals surface area contributed by atoms with E-state index in [1.807, 2.05) is 0 Å². The first-order valence-corrected chi connectivity index (χ1v) is 3.98. The Kier molecular flexibility index (Phi) is 3.29. The summed E-state index contributed by atoms with van der Waals surface area (Å²) in [5, 5.41) is 0. The highest BCUT2D eigenvalue weighted by Gasteiger charge is 2.04. The van der Waals surface area contributed by atoms with Gasteiger partial charge in [0.15, 0.2) is 0 Å². The molecule has 0 N–H and O–H groups in total. The van der Waals surface area contributed by atoms with Crippen molar-refractivity contribution in [2.75, 3.05) is 6.67 Å². The molecule has 0 heterocycles. The van der Waals surface area contributed by atoms with Crippen LogP contribution in [0.1, 0.15) is 32.1 Å². The maximum absolute atomic E-state index is 12.1. The highest BCUT2D eigenvalue weighted by atomic mass is 19.1. The Morgan fingerprint density at radius 3 is 3.00 bits per heavy atom. The zero-order valence-electron chi connectivity index (χ0n) is 6.20. The van der Waals surface area contributed by atoms with Gasteiger partial charge in [-0.25, -0.2) is 4.39 Å². The molecule has 10 heavy (non-hydrogen) atoms. The van der Waals surface area contributed by atoms with Gasteiger partial charge >= 0.3 is 0 Å². The molecule has 1 aliphatic carbocycles. The van der Waals surface area contributed by atoms with Crippen LogP contribution in [0.3, 0.4) is 0 Å². The second-order valence-corrected chi connectivity index (χ2v) is 2.77. The Balaban J connectivity index is 2.39. The number of rotatable bonds is 1. The maximum Gasteiger partial charge on any atom is 0.103 e. The van der Waals surface area contributed by atoms with Gasteiger partial charge in [-0.1, -0.05) is 18.8 Å². The van der Waals surface area contributed by atoms with Crippen LogP contribution in [0, 0.1) is 17.8 Å². The van der Waals surface area contributed by atoms with E-state index in [4.69, 9.17) is 0 Å². The van der Waals surface area contributed by atoms with E-state index in [-0.39, 0.29) is 12.6 Å². The van der Waals surface area contributed by atoms with Gasteiger partial charge in [0.05, 0.1) is 0 Å². The summed E-state index contributed by atoms with van der Waals surface area (Å²) >= 11 is 0. The van der Waals surface area contributed by atoms with E-state index < -0.39 is 0 Å². The molecule has 0 spiro atoms. The summed E-state index contributed by atoms with van der Waals surface area (Å²) in [4.78, 5) is 0. The van der Waals surface area contributed by atoms with Gasteiger partial charge in [0, 0.05) is 12.3 Å². The molecule has 0 amide bonds. The van der Waals surface area contributed by atoms with Crippen LogP contribution in [-0.4, -0.2) is 6.67 Å². The van der Waals surface area contributed by atoms with E-state index in [0.717, 1.165) is 19.3 Å². The van der Waals surface area contributed by atoms with Gasteiger partial charge < -0.3 is 0 Å². The molecule has 0 fully saturated rings. The molecule has 0 nitrogen and oxygen atoms in total. The molecule has 0 aromatic carbocycles. The predicted octanol–water partition coefficient (Wildman–Crippen LogP) is 2.54. The molecule has 1 aliphatic rings. The molecule has 1 rings (SSSR count). The molecule has 56 valence electrons. The van der Waals surface area contributed by atoms with Crippen LogP contribution in [-0.2, 0) is 0 Å². The summed E-state index contributed by atoms with van der Waals surface area (Å²) < 4.78 is 12.1. The van der Waals surface area contributed by atoms with E-state index in [2.05, 4.69) is 11.8 Å². The first-order chi connectivity index (χ1) is 4.93. The minimum atomic E-state index is -0.257. The average molecular weight is 140 g/mol. The van der Waals surface area contributed by atoms with Crippen molar-refractivity contribution in [1.82, 2.24) is 0 Å². The Hall–Kier alpha value is -0.510. The molecule has 0 saturated heterocycles. The first kappa shape index (κ1) is 7.60. The van der Waals surface area contributed by atoms with Crippen LogP contribution in [0.15, 0.2) is 0 Å². The Morgan fingerprint density at radius 2 is 2.20 bits per heavy atom. The lowest BCUT2D eigenvalue weighted by atomic mass is 10.00. The summed E-state index contributed by atoms with van der Waals surface area (Å²) in [5.74, 6) is 5.99. The monoisotopic (exact) mass is 140 g/mol. The molecule has 1 heteroatoms. The Morgan fingerprint density at radius 1 is 1.30 bits per heavy atom. The molecule has 0 radical (unpaired) electrons. The van der Waals surface area contributed by atoms with Gasteiger partial charge in [-0.3, -0.25) is 0 Å². The van der Waals surface area contributed by atoms with Crippen molar-refractivity contribution in [3.05, 3.63) is 0 Å². The van der Waals surface area contributed by atoms with Gasteiger partial charge in [-0.15, -0.1) is 5.92 Å². The third-order valence-electron chi connectivity index (χ3n) is 1.85. The topological polar surface area (TPSA) is 0 Å². The summed E-state index contributed by atoms with van der Waals surface area (Å²) in [7, 11) is 0. The fraction of sp³-hybridized carbons (Fsp3) is 0.778. The van der Waals surface area contributed by atoms with Crippen molar-refractivity contribution >= 4 is 0 Å². The molecule has 1 unspecified atom stereocenters. The highest BCUT2D eigenvalue weighted by molar-refractivity contribution is 5.04. The van der Waals surface area contributed by atoms with Crippen LogP contribution < -0.4 is 0 Å². The zero-order chi connectivity index (χ0) is 7.23. The summed E-state index contributed by atoms with van der Waals surface area (Å²) in [6.07, 6.45) is 5.51. The average Bonchev–Trinajstić information content (AvgIpc) is 1.87. The van der Waals surface area contributed by atoms with Gasteiger partial charge in [0.25, 0.3) is 0 Å². The van der Waals surface area contributed by atoms with Crippen molar-refractivity contribution in [2.24, 2.45) is 5.92 Å². The van der Waals surface area contributed by atoms with E-state index in [9.17, 15) is 4.39 Å². The summed E-state index contributed by atoms with van der Waals surface area (Å²) in [6.45, 7) is -0.257. The molecule has 0 aromatic heterocycles. The van der Waals surface area contributed by atoms with Gasteiger partial charge in [0.1, 0.15) is 6.67 Å². The van der Waals surface area contributed by atoms with Crippen molar-refractivity contribution in [1.29, 1.82) is 0 Å². The molecular weight excluding hydrogens is 127 g/mol. The Bertz CT molecular complexity index is 141. The van der Waals surface area contributed by atoms with Crippen LogP contribution in [0.4, 0.5) is 4.39 Å². The van der Waals surface area contributed by atoms with Crippen molar-refractivity contribution < 1.29 is 4.39 Å². The quantitative estimate of drug-likeness (QED) is 0.491. The van der Waals surface area contributed by atoms with E-state index >= 15 is 0 Å². The van der Waals surface area contributed by atoms with Gasteiger partial charge in [-0.05, 0) is 12.8 Å². The fourth-order valence-electron chi connectivity index (χ4n) is 1.19. The lowest BCUT2D eigenvalue weighted by molar-refractivity contribution is 0.390. The van der Waals surface area contributed by atoms with Gasteiger partial charge in [0.2, 0.25) is 0 Å². The van der Waals surface area contributed by atoms with Crippen LogP contribution in [0.2, 0.25) is 0 Å². The lowest BCUT2D eigenvalue weighted by Gasteiger charge is -2.06. The fourth-order valence-corrected chi connectivity index (χ4v) is 1.19. The maximum atomic E-state index is 12.1.